The number of nitrogens with zero attached hydrogens (tertiary/aromatic N) is 1. The van der Waals surface area contributed by atoms with Gasteiger partial charge in [0, 0.05) is 17.7 Å². The molecular formula is C14H12N2O4. The van der Waals surface area contributed by atoms with Crippen molar-refractivity contribution < 1.29 is 14.5 Å². The Bertz CT molecular complexity index is 663. The molecule has 0 bridgehead atoms. The second-order valence-electron chi connectivity index (χ2n) is 4.68. The van der Waals surface area contributed by atoms with Gasteiger partial charge in [0.25, 0.3) is 5.69 Å². The number of carbonyl (C=O) groups excluding carboxylic acids is 1. The van der Waals surface area contributed by atoms with Crippen molar-refractivity contribution in [1.82, 2.24) is 0 Å². The molecule has 3 rings (SSSR count). The highest BCUT2D eigenvalue weighted by molar-refractivity contribution is 6.06. The van der Waals surface area contributed by atoms with E-state index in [0.717, 1.165) is 0 Å². The number of hydrogen-bond acceptors (Lipinski definition) is 5. The van der Waals surface area contributed by atoms with Crippen LogP contribution in [0.3, 0.4) is 0 Å². The average molecular weight is 272 g/mol. The minimum atomic E-state index is -0.474. The molecule has 0 fully saturated rings. The summed E-state index contributed by atoms with van der Waals surface area (Å²) in [5.74, 6) is 0.244. The highest BCUT2D eigenvalue weighted by Crippen LogP contribution is 2.34. The number of ketones is 1. The Balaban J connectivity index is 2.02. The first-order valence-electron chi connectivity index (χ1n) is 6.13. The number of methoxy groups -OCH3 is 1. The SMILES string of the molecule is COC1=CC2C(=O)c3ccc([N+](=O)[O-])cc3NC2C=C1. The van der Waals surface area contributed by atoms with Crippen LogP contribution in [0, 0.1) is 16.0 Å². The molecule has 0 saturated carbocycles. The Kier molecular flexibility index (Phi) is 2.78. The monoisotopic (exact) mass is 272 g/mol. The molecule has 0 spiro atoms. The molecule has 0 saturated heterocycles. The lowest BCUT2D eigenvalue weighted by Crippen LogP contribution is -2.38. The zero-order valence-corrected chi connectivity index (χ0v) is 10.7. The Hall–Kier alpha value is -2.63. The van der Waals surface area contributed by atoms with E-state index >= 15 is 0 Å². The highest BCUT2D eigenvalue weighted by atomic mass is 16.6. The molecule has 102 valence electrons. The second-order valence-corrected chi connectivity index (χ2v) is 4.68. The highest BCUT2D eigenvalue weighted by Gasteiger charge is 2.35. The van der Waals surface area contributed by atoms with Crippen LogP contribution in [0.4, 0.5) is 11.4 Å². The van der Waals surface area contributed by atoms with Crippen molar-refractivity contribution in [2.45, 2.75) is 6.04 Å². The van der Waals surface area contributed by atoms with Crippen LogP contribution in [0.5, 0.6) is 0 Å². The third-order valence-electron chi connectivity index (χ3n) is 3.54. The van der Waals surface area contributed by atoms with Crippen molar-refractivity contribution in [2.75, 3.05) is 12.4 Å². The molecule has 1 aromatic carbocycles. The van der Waals surface area contributed by atoms with Crippen molar-refractivity contribution >= 4 is 17.2 Å². The van der Waals surface area contributed by atoms with Gasteiger partial charge in [0.05, 0.1) is 29.7 Å². The fourth-order valence-electron chi connectivity index (χ4n) is 2.51. The fraction of sp³-hybridized carbons (Fsp3) is 0.214. The van der Waals surface area contributed by atoms with Gasteiger partial charge in [-0.15, -0.1) is 0 Å². The van der Waals surface area contributed by atoms with E-state index in [2.05, 4.69) is 5.32 Å². The number of Topliss-reactive ketones (excluding diaryl/α,β-unsaturated/α-hetero) is 1. The minimum Gasteiger partial charge on any atom is -0.497 e. The summed E-state index contributed by atoms with van der Waals surface area (Å²) >= 11 is 0. The van der Waals surface area contributed by atoms with E-state index in [1.165, 1.54) is 18.2 Å². The molecule has 0 amide bonds. The van der Waals surface area contributed by atoms with Gasteiger partial charge in [0.1, 0.15) is 5.76 Å². The number of anilines is 1. The predicted molar refractivity (Wildman–Crippen MR) is 72.6 cm³/mol. The Morgan fingerprint density at radius 1 is 1.40 bits per heavy atom. The van der Waals surface area contributed by atoms with E-state index < -0.39 is 4.92 Å². The average Bonchev–Trinajstić information content (AvgIpc) is 2.46. The third kappa shape index (κ3) is 1.85. The zero-order valence-electron chi connectivity index (χ0n) is 10.7. The first-order chi connectivity index (χ1) is 9.60. The summed E-state index contributed by atoms with van der Waals surface area (Å²) in [4.78, 5) is 22.8. The summed E-state index contributed by atoms with van der Waals surface area (Å²) < 4.78 is 5.13. The first-order valence-corrected chi connectivity index (χ1v) is 6.13. The Labute approximate surface area is 114 Å². The molecule has 2 unspecified atom stereocenters. The van der Waals surface area contributed by atoms with Crippen molar-refractivity contribution in [3.8, 4) is 0 Å². The molecule has 6 heteroatoms. The van der Waals surface area contributed by atoms with Gasteiger partial charge >= 0.3 is 0 Å². The Morgan fingerprint density at radius 3 is 2.90 bits per heavy atom. The van der Waals surface area contributed by atoms with Crippen molar-refractivity contribution in [1.29, 1.82) is 0 Å². The van der Waals surface area contributed by atoms with Gasteiger partial charge in [-0.3, -0.25) is 14.9 Å². The lowest BCUT2D eigenvalue weighted by molar-refractivity contribution is -0.384. The molecule has 20 heavy (non-hydrogen) atoms. The molecule has 0 aromatic heterocycles. The molecule has 1 aliphatic heterocycles. The minimum absolute atomic E-state index is 0.0320. The van der Waals surface area contributed by atoms with Gasteiger partial charge in [0.2, 0.25) is 0 Å². The largest absolute Gasteiger partial charge is 0.497 e. The van der Waals surface area contributed by atoms with Crippen LogP contribution in [-0.2, 0) is 4.74 Å². The van der Waals surface area contributed by atoms with Gasteiger partial charge in [-0.25, -0.2) is 0 Å². The lowest BCUT2D eigenvalue weighted by Gasteiger charge is -2.32. The maximum absolute atomic E-state index is 12.4. The molecule has 2 aliphatic rings. The van der Waals surface area contributed by atoms with E-state index in [1.54, 1.807) is 19.3 Å². The van der Waals surface area contributed by atoms with Crippen molar-refractivity contribution in [2.24, 2.45) is 5.92 Å². The van der Waals surface area contributed by atoms with Gasteiger partial charge in [0.15, 0.2) is 5.78 Å². The predicted octanol–water partition coefficient (Wildman–Crippen LogP) is 2.29. The fourth-order valence-corrected chi connectivity index (χ4v) is 2.51. The summed E-state index contributed by atoms with van der Waals surface area (Å²) in [6.07, 6.45) is 5.39. The summed E-state index contributed by atoms with van der Waals surface area (Å²) in [5.41, 5.74) is 0.943. The number of nitrogens with one attached hydrogen (secondary N) is 1. The van der Waals surface area contributed by atoms with Crippen molar-refractivity contribution in [3.63, 3.8) is 0 Å². The van der Waals surface area contributed by atoms with E-state index in [-0.39, 0.29) is 23.4 Å². The maximum Gasteiger partial charge on any atom is 0.271 e. The van der Waals surface area contributed by atoms with Crippen LogP contribution in [-0.4, -0.2) is 23.9 Å². The molecule has 2 atom stereocenters. The summed E-state index contributed by atoms with van der Waals surface area (Å²) in [5, 5.41) is 13.9. The zero-order chi connectivity index (χ0) is 14.3. The van der Waals surface area contributed by atoms with Crippen LogP contribution in [0.15, 0.2) is 42.2 Å². The van der Waals surface area contributed by atoms with E-state index in [1.807, 2.05) is 6.08 Å². The lowest BCUT2D eigenvalue weighted by atomic mass is 9.83. The topological polar surface area (TPSA) is 81.5 Å². The normalized spacial score (nSPS) is 23.2. The standard InChI is InChI=1S/C14H12N2O4/c1-20-9-3-5-12-11(7-9)14(17)10-4-2-8(16(18)19)6-13(10)15-12/h2-7,11-12,15H,1H3. The number of rotatable bonds is 2. The van der Waals surface area contributed by atoms with Crippen molar-refractivity contribution in [3.05, 3.63) is 57.9 Å². The third-order valence-corrected chi connectivity index (χ3v) is 3.54. The second kappa shape index (κ2) is 4.48. The van der Waals surface area contributed by atoms with Crippen LogP contribution < -0.4 is 5.32 Å². The van der Waals surface area contributed by atoms with E-state index in [4.69, 9.17) is 4.74 Å². The van der Waals surface area contributed by atoms with Crippen LogP contribution in [0.2, 0.25) is 0 Å². The number of fused-ring (bicyclic) bond motifs is 2. The number of ether oxygens (including phenoxy) is 1. The van der Waals surface area contributed by atoms with Gasteiger partial charge in [-0.1, -0.05) is 6.08 Å². The maximum atomic E-state index is 12.4. The molecule has 1 aliphatic carbocycles. The quantitative estimate of drug-likeness (QED) is 0.659. The first kappa shape index (κ1) is 12.4. The number of hydrogen-bond donors (Lipinski definition) is 1. The number of carbonyl (C=O) groups is 1. The molecule has 1 N–H and O–H groups in total. The van der Waals surface area contributed by atoms with Gasteiger partial charge < -0.3 is 10.1 Å². The number of benzene rings is 1. The van der Waals surface area contributed by atoms with E-state index in [9.17, 15) is 14.9 Å². The van der Waals surface area contributed by atoms with E-state index in [0.29, 0.717) is 17.0 Å². The van der Waals surface area contributed by atoms with Crippen LogP contribution in [0.1, 0.15) is 10.4 Å². The van der Waals surface area contributed by atoms with Gasteiger partial charge in [-0.05, 0) is 18.2 Å². The summed E-state index contributed by atoms with van der Waals surface area (Å²) in [6, 6.07) is 4.04. The smallest absolute Gasteiger partial charge is 0.271 e. The molecule has 6 nitrogen and oxygen atoms in total. The number of allylic oxidation sites excluding steroid dienone is 1. The van der Waals surface area contributed by atoms with Crippen LogP contribution >= 0.6 is 0 Å². The molecule has 1 heterocycles. The number of nitro groups is 1. The molecular weight excluding hydrogens is 260 g/mol. The Morgan fingerprint density at radius 2 is 2.20 bits per heavy atom. The summed E-state index contributed by atoms with van der Waals surface area (Å²) in [7, 11) is 1.55. The number of nitro benzene ring substituents is 1. The molecule has 1 aromatic rings. The molecule has 0 radical (unpaired) electrons. The number of non-ortho nitro benzene ring substituents is 1. The van der Waals surface area contributed by atoms with Crippen LogP contribution in [0.25, 0.3) is 0 Å². The summed E-state index contributed by atoms with van der Waals surface area (Å²) in [6.45, 7) is 0. The van der Waals surface area contributed by atoms with Gasteiger partial charge in [-0.2, -0.15) is 0 Å².